The van der Waals surface area contributed by atoms with E-state index in [4.69, 9.17) is 5.11 Å². The Morgan fingerprint density at radius 2 is 2.24 bits per heavy atom. The van der Waals surface area contributed by atoms with E-state index in [0.29, 0.717) is 4.88 Å². The first-order valence-electron chi connectivity index (χ1n) is 5.72. The lowest BCUT2D eigenvalue weighted by atomic mass is 10.2. The van der Waals surface area contributed by atoms with Gasteiger partial charge >= 0.3 is 5.97 Å². The molecule has 0 aromatic carbocycles. The maximum absolute atomic E-state index is 12.3. The number of amides is 1. The van der Waals surface area contributed by atoms with Crippen LogP contribution in [-0.4, -0.2) is 34.5 Å². The smallest absolute Gasteiger partial charge is 0.323 e. The summed E-state index contributed by atoms with van der Waals surface area (Å²) in [6.45, 7) is 1.81. The lowest BCUT2D eigenvalue weighted by molar-refractivity contribution is -0.137. The molecule has 17 heavy (non-hydrogen) atoms. The third-order valence-electron chi connectivity index (χ3n) is 2.88. The number of aryl methyl sites for hydroxylation is 1. The van der Waals surface area contributed by atoms with Gasteiger partial charge in [0.15, 0.2) is 0 Å². The molecule has 5 heteroatoms. The van der Waals surface area contributed by atoms with E-state index in [9.17, 15) is 9.59 Å². The van der Waals surface area contributed by atoms with Gasteiger partial charge in [-0.1, -0.05) is 6.92 Å². The molecule has 1 N–H and O–H groups in total. The highest BCUT2D eigenvalue weighted by Gasteiger charge is 2.35. The first kappa shape index (κ1) is 12.1. The van der Waals surface area contributed by atoms with Gasteiger partial charge in [0.25, 0.3) is 5.91 Å². The van der Waals surface area contributed by atoms with Crippen molar-refractivity contribution in [2.75, 3.05) is 6.54 Å². The third kappa shape index (κ3) is 2.66. The summed E-state index contributed by atoms with van der Waals surface area (Å²) in [5.74, 6) is -1.07. The van der Waals surface area contributed by atoms with Crippen LogP contribution in [0.25, 0.3) is 0 Å². The highest BCUT2D eigenvalue weighted by molar-refractivity contribution is 7.12. The van der Waals surface area contributed by atoms with E-state index in [2.05, 4.69) is 0 Å². The number of aliphatic carboxylic acids is 1. The van der Waals surface area contributed by atoms with E-state index in [-0.39, 0.29) is 18.5 Å². The highest BCUT2D eigenvalue weighted by atomic mass is 32.1. The summed E-state index contributed by atoms with van der Waals surface area (Å²) in [5, 5.41) is 10.7. The lowest BCUT2D eigenvalue weighted by Gasteiger charge is -2.20. The number of hydrogen-bond acceptors (Lipinski definition) is 3. The van der Waals surface area contributed by atoms with Crippen molar-refractivity contribution in [2.24, 2.45) is 0 Å². The number of carbonyl (C=O) groups is 2. The minimum atomic E-state index is -0.945. The molecule has 1 aromatic rings. The lowest BCUT2D eigenvalue weighted by Crippen LogP contribution is -2.37. The van der Waals surface area contributed by atoms with Gasteiger partial charge in [-0.3, -0.25) is 9.59 Å². The topological polar surface area (TPSA) is 57.6 Å². The standard InChI is InChI=1S/C12H15NO3S/c1-2-8-5-6-17-11(8)12(16)13(7-10(14)15)9-3-4-9/h5-6,9H,2-4,7H2,1H3,(H,14,15). The van der Waals surface area contributed by atoms with Crippen LogP contribution in [0.3, 0.4) is 0 Å². The first-order valence-corrected chi connectivity index (χ1v) is 6.60. The molecule has 0 bridgehead atoms. The molecule has 4 nitrogen and oxygen atoms in total. The average Bonchev–Trinajstić information content (AvgIpc) is 3.02. The maximum atomic E-state index is 12.3. The molecular formula is C12H15NO3S. The molecule has 0 atom stereocenters. The Kier molecular flexibility index (Phi) is 3.47. The SMILES string of the molecule is CCc1ccsc1C(=O)N(CC(=O)O)C1CC1. The molecule has 1 heterocycles. The Bertz CT molecular complexity index is 437. The second-order valence-electron chi connectivity index (χ2n) is 4.19. The highest BCUT2D eigenvalue weighted by Crippen LogP contribution is 2.30. The Hall–Kier alpha value is -1.36. The number of thiophene rings is 1. The summed E-state index contributed by atoms with van der Waals surface area (Å²) in [7, 11) is 0. The van der Waals surface area contributed by atoms with Gasteiger partial charge in [-0.05, 0) is 36.3 Å². The molecule has 0 radical (unpaired) electrons. The summed E-state index contributed by atoms with van der Waals surface area (Å²) >= 11 is 1.40. The van der Waals surface area contributed by atoms with Gasteiger partial charge in [0.05, 0.1) is 4.88 Å². The van der Waals surface area contributed by atoms with Gasteiger partial charge in [0.1, 0.15) is 6.54 Å². The van der Waals surface area contributed by atoms with Crippen molar-refractivity contribution in [1.82, 2.24) is 4.90 Å². The first-order chi connectivity index (χ1) is 8.13. The number of carboxylic acids is 1. The monoisotopic (exact) mass is 253 g/mol. The van der Waals surface area contributed by atoms with Crippen molar-refractivity contribution < 1.29 is 14.7 Å². The van der Waals surface area contributed by atoms with Crippen LogP contribution in [0, 0.1) is 0 Å². The predicted octanol–water partition coefficient (Wildman–Crippen LogP) is 2.00. The van der Waals surface area contributed by atoms with E-state index in [1.54, 1.807) is 0 Å². The molecular weight excluding hydrogens is 238 g/mol. The van der Waals surface area contributed by atoms with Crippen LogP contribution in [0.2, 0.25) is 0 Å². The van der Waals surface area contributed by atoms with Gasteiger partial charge in [-0.15, -0.1) is 11.3 Å². The zero-order chi connectivity index (χ0) is 12.4. The fourth-order valence-corrected chi connectivity index (χ4v) is 2.78. The Morgan fingerprint density at radius 1 is 1.53 bits per heavy atom. The van der Waals surface area contributed by atoms with Crippen LogP contribution >= 0.6 is 11.3 Å². The van der Waals surface area contributed by atoms with Crippen molar-refractivity contribution >= 4 is 23.2 Å². The molecule has 1 aromatic heterocycles. The van der Waals surface area contributed by atoms with E-state index in [0.717, 1.165) is 24.8 Å². The molecule has 0 spiro atoms. The number of rotatable bonds is 5. The van der Waals surface area contributed by atoms with Gasteiger partial charge in [-0.2, -0.15) is 0 Å². The van der Waals surface area contributed by atoms with Crippen LogP contribution < -0.4 is 0 Å². The molecule has 1 saturated carbocycles. The van der Waals surface area contributed by atoms with Crippen LogP contribution in [0.1, 0.15) is 35.0 Å². The Morgan fingerprint density at radius 3 is 2.76 bits per heavy atom. The number of carboxylic acid groups (broad SMARTS) is 1. The molecule has 1 fully saturated rings. The van der Waals surface area contributed by atoms with Crippen molar-refractivity contribution in [3.05, 3.63) is 21.9 Å². The quantitative estimate of drug-likeness (QED) is 0.873. The summed E-state index contributed by atoms with van der Waals surface area (Å²) in [6, 6.07) is 2.06. The zero-order valence-corrected chi connectivity index (χ0v) is 10.5. The molecule has 92 valence electrons. The molecule has 1 aliphatic carbocycles. The van der Waals surface area contributed by atoms with Crippen molar-refractivity contribution in [1.29, 1.82) is 0 Å². The van der Waals surface area contributed by atoms with Gasteiger partial charge in [-0.25, -0.2) is 0 Å². The molecule has 1 aliphatic rings. The number of hydrogen-bond donors (Lipinski definition) is 1. The van der Waals surface area contributed by atoms with E-state index in [1.165, 1.54) is 16.2 Å². The molecule has 2 rings (SSSR count). The number of nitrogens with zero attached hydrogens (tertiary/aromatic N) is 1. The molecule has 1 amide bonds. The predicted molar refractivity (Wildman–Crippen MR) is 65.4 cm³/mol. The summed E-state index contributed by atoms with van der Waals surface area (Å²) in [4.78, 5) is 25.2. The van der Waals surface area contributed by atoms with Crippen LogP contribution in [0.15, 0.2) is 11.4 Å². The minimum absolute atomic E-state index is 0.123. The zero-order valence-electron chi connectivity index (χ0n) is 9.68. The van der Waals surface area contributed by atoms with Gasteiger partial charge < -0.3 is 10.0 Å². The van der Waals surface area contributed by atoms with Crippen molar-refractivity contribution in [3.63, 3.8) is 0 Å². The maximum Gasteiger partial charge on any atom is 0.323 e. The van der Waals surface area contributed by atoms with Gasteiger partial charge in [0.2, 0.25) is 0 Å². The molecule has 0 saturated heterocycles. The summed E-state index contributed by atoms with van der Waals surface area (Å²) in [5.41, 5.74) is 1.01. The largest absolute Gasteiger partial charge is 0.480 e. The van der Waals surface area contributed by atoms with Crippen LogP contribution in [-0.2, 0) is 11.2 Å². The summed E-state index contributed by atoms with van der Waals surface area (Å²) in [6.07, 6.45) is 2.65. The Balaban J connectivity index is 2.18. The van der Waals surface area contributed by atoms with Crippen LogP contribution in [0.4, 0.5) is 0 Å². The van der Waals surface area contributed by atoms with Crippen molar-refractivity contribution in [2.45, 2.75) is 32.2 Å². The molecule has 0 unspecified atom stereocenters. The minimum Gasteiger partial charge on any atom is -0.480 e. The second kappa shape index (κ2) is 4.87. The summed E-state index contributed by atoms with van der Waals surface area (Å²) < 4.78 is 0. The van der Waals surface area contributed by atoms with Gasteiger partial charge in [0, 0.05) is 6.04 Å². The Labute approximate surface area is 104 Å². The number of carbonyl (C=O) groups excluding carboxylic acids is 1. The van der Waals surface area contributed by atoms with E-state index >= 15 is 0 Å². The average molecular weight is 253 g/mol. The third-order valence-corrected chi connectivity index (χ3v) is 3.82. The molecule has 0 aliphatic heterocycles. The van der Waals surface area contributed by atoms with E-state index in [1.807, 2.05) is 18.4 Å². The fourth-order valence-electron chi connectivity index (χ4n) is 1.83. The van der Waals surface area contributed by atoms with Crippen LogP contribution in [0.5, 0.6) is 0 Å². The van der Waals surface area contributed by atoms with E-state index < -0.39 is 5.97 Å². The fraction of sp³-hybridized carbons (Fsp3) is 0.500. The second-order valence-corrected chi connectivity index (χ2v) is 5.10. The van der Waals surface area contributed by atoms with Crippen molar-refractivity contribution in [3.8, 4) is 0 Å². The normalized spacial score (nSPS) is 14.6.